The second-order valence-corrected chi connectivity index (χ2v) is 8.58. The molecule has 1 aliphatic rings. The van der Waals surface area contributed by atoms with Crippen LogP contribution in [0.2, 0.25) is 0 Å². The summed E-state index contributed by atoms with van der Waals surface area (Å²) in [4.78, 5) is 22.4. The molecule has 1 unspecified atom stereocenters. The van der Waals surface area contributed by atoms with Crippen molar-refractivity contribution < 1.29 is 9.32 Å². The summed E-state index contributed by atoms with van der Waals surface area (Å²) >= 11 is 3.31. The van der Waals surface area contributed by atoms with Crippen LogP contribution in [-0.4, -0.2) is 27.5 Å². The van der Waals surface area contributed by atoms with Gasteiger partial charge in [-0.15, -0.1) is 22.7 Å². The first-order valence-corrected chi connectivity index (χ1v) is 10.6. The summed E-state index contributed by atoms with van der Waals surface area (Å²) in [6.45, 7) is 2.62. The monoisotopic (exact) mass is 395 g/mol. The second-order valence-electron chi connectivity index (χ2n) is 6.65. The summed E-state index contributed by atoms with van der Waals surface area (Å²) in [6, 6.07) is 10.2. The zero-order valence-electron chi connectivity index (χ0n) is 14.7. The molecule has 4 aromatic rings. The largest absolute Gasteiger partial charge is 0.335 e. The van der Waals surface area contributed by atoms with Crippen LogP contribution >= 0.6 is 22.7 Å². The normalized spacial score (nSPS) is 17.1. The van der Waals surface area contributed by atoms with Gasteiger partial charge in [0.1, 0.15) is 0 Å². The van der Waals surface area contributed by atoms with Gasteiger partial charge in [-0.25, -0.2) is 4.98 Å². The Bertz CT molecular complexity index is 1100. The Morgan fingerprint density at radius 3 is 2.89 bits per heavy atom. The molecule has 0 spiro atoms. The van der Waals surface area contributed by atoms with Crippen molar-refractivity contribution in [1.82, 2.24) is 15.0 Å². The molecule has 1 amide bonds. The minimum Gasteiger partial charge on any atom is -0.335 e. The lowest BCUT2D eigenvalue weighted by Crippen LogP contribution is -2.30. The van der Waals surface area contributed by atoms with Crippen LogP contribution in [0.4, 0.5) is 0 Å². The van der Waals surface area contributed by atoms with Crippen molar-refractivity contribution in [3.05, 3.63) is 57.2 Å². The van der Waals surface area contributed by atoms with Gasteiger partial charge in [-0.2, -0.15) is 0 Å². The van der Waals surface area contributed by atoms with Gasteiger partial charge in [-0.3, -0.25) is 4.79 Å². The third-order valence-electron chi connectivity index (χ3n) is 5.01. The number of rotatable bonds is 3. The highest BCUT2D eigenvalue weighted by Crippen LogP contribution is 2.37. The molecule has 0 N–H and O–H groups in total. The zero-order valence-corrected chi connectivity index (χ0v) is 16.3. The quantitative estimate of drug-likeness (QED) is 0.472. The Morgan fingerprint density at radius 2 is 2.11 bits per heavy atom. The molecule has 0 saturated carbocycles. The van der Waals surface area contributed by atoms with E-state index in [1.807, 2.05) is 41.5 Å². The Labute approximate surface area is 164 Å². The average Bonchev–Trinajstić information content (AvgIpc) is 3.47. The van der Waals surface area contributed by atoms with Crippen molar-refractivity contribution in [3.63, 3.8) is 0 Å². The van der Waals surface area contributed by atoms with Gasteiger partial charge < -0.3 is 9.42 Å². The second kappa shape index (κ2) is 6.58. The van der Waals surface area contributed by atoms with E-state index < -0.39 is 0 Å². The molecule has 1 saturated heterocycles. The molecule has 0 aliphatic carbocycles. The van der Waals surface area contributed by atoms with Crippen molar-refractivity contribution in [2.45, 2.75) is 25.8 Å². The fourth-order valence-electron chi connectivity index (χ4n) is 3.76. The number of carbonyl (C=O) groups is 1. The molecular weight excluding hydrogens is 378 g/mol. The summed E-state index contributed by atoms with van der Waals surface area (Å²) in [5, 5.41) is 8.84. The van der Waals surface area contributed by atoms with Gasteiger partial charge in [0.05, 0.1) is 33.3 Å². The average molecular weight is 396 g/mol. The molecular formula is C20H17N3O2S2. The fraction of sp³-hybridized carbons (Fsp3) is 0.250. The summed E-state index contributed by atoms with van der Waals surface area (Å²) in [5.74, 6) is 0.0300. The van der Waals surface area contributed by atoms with E-state index in [4.69, 9.17) is 4.52 Å². The molecule has 136 valence electrons. The van der Waals surface area contributed by atoms with E-state index in [1.54, 1.807) is 22.7 Å². The van der Waals surface area contributed by atoms with Crippen LogP contribution in [0.3, 0.4) is 0 Å². The molecule has 5 nitrogen and oxygen atoms in total. The molecule has 1 fully saturated rings. The fourth-order valence-corrected chi connectivity index (χ4v) is 5.31. The minimum absolute atomic E-state index is 0.0300. The predicted molar refractivity (Wildman–Crippen MR) is 107 cm³/mol. The van der Waals surface area contributed by atoms with Crippen molar-refractivity contribution in [3.8, 4) is 10.6 Å². The lowest BCUT2D eigenvalue weighted by atomic mass is 10.1. The maximum absolute atomic E-state index is 13.6. The third kappa shape index (κ3) is 2.78. The topological polar surface area (TPSA) is 59.2 Å². The van der Waals surface area contributed by atoms with Crippen molar-refractivity contribution >= 4 is 39.7 Å². The van der Waals surface area contributed by atoms with Gasteiger partial charge in [0.15, 0.2) is 0 Å². The molecule has 1 aliphatic heterocycles. The Hall–Kier alpha value is -2.51. The highest BCUT2D eigenvalue weighted by Gasteiger charge is 2.33. The van der Waals surface area contributed by atoms with E-state index in [0.29, 0.717) is 17.0 Å². The maximum atomic E-state index is 13.6. The van der Waals surface area contributed by atoms with Gasteiger partial charge in [0.2, 0.25) is 0 Å². The first-order chi connectivity index (χ1) is 13.2. The lowest BCUT2D eigenvalue weighted by Gasteiger charge is -2.24. The Morgan fingerprint density at radius 1 is 1.26 bits per heavy atom. The van der Waals surface area contributed by atoms with Crippen LogP contribution in [0.15, 0.2) is 45.6 Å². The standard InChI is InChI=1S/C20H17N3O2S2/c1-12-18-13(11-14(16-6-3-9-26-16)21-19(18)25-22-12)20(24)23-8-2-5-15(23)17-7-4-10-27-17/h3-4,6-7,9-11,15H,2,5,8H2,1H3. The maximum Gasteiger partial charge on any atom is 0.259 e. The number of hydrogen-bond acceptors (Lipinski definition) is 6. The number of nitrogens with zero attached hydrogens (tertiary/aromatic N) is 3. The SMILES string of the molecule is Cc1noc2nc(-c3cccs3)cc(C(=O)N3CCCC3c3cccs3)c12. The van der Waals surface area contributed by atoms with Gasteiger partial charge in [0.25, 0.3) is 11.6 Å². The molecule has 5 heterocycles. The lowest BCUT2D eigenvalue weighted by molar-refractivity contribution is 0.0739. The van der Waals surface area contributed by atoms with Gasteiger partial charge >= 0.3 is 0 Å². The number of aromatic nitrogens is 2. The Balaban J connectivity index is 1.63. The van der Waals surface area contributed by atoms with E-state index >= 15 is 0 Å². The van der Waals surface area contributed by atoms with Gasteiger partial charge in [0, 0.05) is 11.4 Å². The number of pyridine rings is 1. The van der Waals surface area contributed by atoms with Crippen molar-refractivity contribution in [2.24, 2.45) is 0 Å². The van der Waals surface area contributed by atoms with E-state index in [1.165, 1.54) is 4.88 Å². The number of likely N-dealkylation sites (tertiary alicyclic amines) is 1. The number of amides is 1. The van der Waals surface area contributed by atoms with Crippen LogP contribution in [0, 0.1) is 6.92 Å². The van der Waals surface area contributed by atoms with Gasteiger partial charge in [-0.1, -0.05) is 17.3 Å². The van der Waals surface area contributed by atoms with Crippen molar-refractivity contribution in [2.75, 3.05) is 6.54 Å². The first-order valence-electron chi connectivity index (χ1n) is 8.87. The van der Waals surface area contributed by atoms with Crippen LogP contribution < -0.4 is 0 Å². The number of aryl methyl sites for hydroxylation is 1. The highest BCUT2D eigenvalue weighted by atomic mass is 32.1. The Kier molecular flexibility index (Phi) is 4.06. The minimum atomic E-state index is 0.0300. The smallest absolute Gasteiger partial charge is 0.259 e. The molecule has 1 atom stereocenters. The molecule has 5 rings (SSSR count). The number of fused-ring (bicyclic) bond motifs is 1. The summed E-state index contributed by atoms with van der Waals surface area (Å²) in [7, 11) is 0. The van der Waals surface area contributed by atoms with E-state index in [2.05, 4.69) is 21.6 Å². The highest BCUT2D eigenvalue weighted by molar-refractivity contribution is 7.13. The van der Waals surface area contributed by atoms with Crippen LogP contribution in [0.5, 0.6) is 0 Å². The van der Waals surface area contributed by atoms with Crippen LogP contribution in [0.25, 0.3) is 21.7 Å². The number of carbonyl (C=O) groups excluding carboxylic acids is 1. The molecule has 0 radical (unpaired) electrons. The predicted octanol–water partition coefficient (Wildman–Crippen LogP) is 5.30. The van der Waals surface area contributed by atoms with E-state index in [9.17, 15) is 4.79 Å². The molecule has 0 aromatic carbocycles. The van der Waals surface area contributed by atoms with E-state index in [-0.39, 0.29) is 11.9 Å². The van der Waals surface area contributed by atoms with Crippen molar-refractivity contribution in [1.29, 1.82) is 0 Å². The summed E-state index contributed by atoms with van der Waals surface area (Å²) in [6.07, 6.45) is 2.02. The summed E-state index contributed by atoms with van der Waals surface area (Å²) < 4.78 is 5.41. The number of hydrogen-bond donors (Lipinski definition) is 0. The summed E-state index contributed by atoms with van der Waals surface area (Å²) in [5.41, 5.74) is 2.51. The number of thiophene rings is 2. The van der Waals surface area contributed by atoms with Crippen LogP contribution in [0.1, 0.15) is 39.8 Å². The van der Waals surface area contributed by atoms with Crippen LogP contribution in [-0.2, 0) is 0 Å². The third-order valence-corrected chi connectivity index (χ3v) is 6.87. The zero-order chi connectivity index (χ0) is 18.4. The van der Waals surface area contributed by atoms with Gasteiger partial charge in [-0.05, 0) is 48.7 Å². The first kappa shape index (κ1) is 16.6. The molecule has 4 aromatic heterocycles. The molecule has 27 heavy (non-hydrogen) atoms. The molecule has 7 heteroatoms. The molecule has 0 bridgehead atoms. The van der Waals surface area contributed by atoms with E-state index in [0.717, 1.165) is 35.3 Å².